The predicted octanol–water partition coefficient (Wildman–Crippen LogP) is 4.56. The van der Waals surface area contributed by atoms with Crippen molar-refractivity contribution in [3.63, 3.8) is 0 Å². The van der Waals surface area contributed by atoms with Crippen molar-refractivity contribution in [3.8, 4) is 0 Å². The molecule has 1 aromatic carbocycles. The van der Waals surface area contributed by atoms with Gasteiger partial charge < -0.3 is 5.32 Å². The van der Waals surface area contributed by atoms with E-state index in [1.807, 2.05) is 0 Å². The number of rotatable bonds is 4. The third-order valence-corrected chi connectivity index (χ3v) is 3.07. The van der Waals surface area contributed by atoms with Crippen molar-refractivity contribution in [1.29, 1.82) is 0 Å². The van der Waals surface area contributed by atoms with Crippen molar-refractivity contribution in [2.24, 2.45) is 5.92 Å². The molecule has 0 heterocycles. The molecule has 0 aromatic heterocycles. The topological polar surface area (TPSA) is 29.1 Å². The summed E-state index contributed by atoms with van der Waals surface area (Å²) in [6.45, 7) is 3.52. The minimum absolute atomic E-state index is 0.113. The lowest BCUT2D eigenvalue weighted by Crippen LogP contribution is -2.31. The van der Waals surface area contributed by atoms with Crippen molar-refractivity contribution in [1.82, 2.24) is 0 Å². The second kappa shape index (κ2) is 6.01. The van der Waals surface area contributed by atoms with E-state index in [-0.39, 0.29) is 16.6 Å². The first kappa shape index (κ1) is 16.1. The molecule has 1 rings (SSSR count). The van der Waals surface area contributed by atoms with Crippen molar-refractivity contribution in [2.75, 3.05) is 5.32 Å². The highest BCUT2D eigenvalue weighted by molar-refractivity contribution is 6.65. The summed E-state index contributed by atoms with van der Waals surface area (Å²) in [5.74, 6) is -0.122. The fourth-order valence-corrected chi connectivity index (χ4v) is 2.00. The first-order valence-corrected chi connectivity index (χ1v) is 6.21. The van der Waals surface area contributed by atoms with Crippen LogP contribution in [-0.4, -0.2) is 11.3 Å². The average molecular weight is 314 g/mol. The minimum Gasteiger partial charge on any atom is -0.373 e. The van der Waals surface area contributed by atoms with Gasteiger partial charge in [-0.3, -0.25) is 4.79 Å². The van der Waals surface area contributed by atoms with E-state index < -0.39 is 23.0 Å². The van der Waals surface area contributed by atoms with E-state index in [9.17, 15) is 18.0 Å². The smallest absolute Gasteiger partial charge is 0.373 e. The molecule has 0 fully saturated rings. The van der Waals surface area contributed by atoms with Gasteiger partial charge in [-0.15, -0.1) is 0 Å². The van der Waals surface area contributed by atoms with Gasteiger partial charge in [0.05, 0.1) is 16.3 Å². The standard InChI is InChI=1S/C12H12Cl2F3NO/c1-6(2)10(11(14)19)18-9-4-3-7(5-8(9)13)12(15,16)17/h3-6,10,18H,1-2H3/t10-/m1/s1. The van der Waals surface area contributed by atoms with Crippen LogP contribution >= 0.6 is 23.2 Å². The van der Waals surface area contributed by atoms with Crippen molar-refractivity contribution < 1.29 is 18.0 Å². The largest absolute Gasteiger partial charge is 0.416 e. The van der Waals surface area contributed by atoms with Gasteiger partial charge in [0.2, 0.25) is 5.24 Å². The quantitative estimate of drug-likeness (QED) is 0.825. The molecule has 1 aromatic rings. The molecule has 0 saturated heterocycles. The fraction of sp³-hybridized carbons (Fsp3) is 0.417. The third-order valence-electron chi connectivity index (χ3n) is 2.52. The molecule has 19 heavy (non-hydrogen) atoms. The number of carbonyl (C=O) groups excluding carboxylic acids is 1. The third kappa shape index (κ3) is 4.28. The number of hydrogen-bond donors (Lipinski definition) is 1. The number of nitrogens with one attached hydrogen (secondary N) is 1. The highest BCUT2D eigenvalue weighted by Gasteiger charge is 2.31. The highest BCUT2D eigenvalue weighted by Crippen LogP contribution is 2.34. The number of benzene rings is 1. The van der Waals surface area contributed by atoms with Crippen molar-refractivity contribution >= 4 is 34.1 Å². The van der Waals surface area contributed by atoms with Gasteiger partial charge in [0.15, 0.2) is 0 Å². The van der Waals surface area contributed by atoms with Crippen LogP contribution in [0.4, 0.5) is 18.9 Å². The molecule has 0 saturated carbocycles. The van der Waals surface area contributed by atoms with E-state index in [0.717, 1.165) is 12.1 Å². The summed E-state index contributed by atoms with van der Waals surface area (Å²) >= 11 is 11.2. The maximum atomic E-state index is 12.5. The van der Waals surface area contributed by atoms with Gasteiger partial charge in [0.25, 0.3) is 0 Å². The minimum atomic E-state index is -4.46. The maximum Gasteiger partial charge on any atom is 0.416 e. The molecule has 0 amide bonds. The predicted molar refractivity (Wildman–Crippen MR) is 69.6 cm³/mol. The molecule has 2 nitrogen and oxygen atoms in total. The van der Waals surface area contributed by atoms with Crippen molar-refractivity contribution in [2.45, 2.75) is 26.1 Å². The fourth-order valence-electron chi connectivity index (χ4n) is 1.46. The summed E-state index contributed by atoms with van der Waals surface area (Å²) in [4.78, 5) is 11.2. The monoisotopic (exact) mass is 313 g/mol. The van der Waals surface area contributed by atoms with Crippen LogP contribution in [-0.2, 0) is 11.0 Å². The van der Waals surface area contributed by atoms with Gasteiger partial charge in [-0.2, -0.15) is 13.2 Å². The molecular formula is C12H12Cl2F3NO. The zero-order chi connectivity index (χ0) is 14.8. The molecule has 0 aliphatic carbocycles. The molecule has 1 atom stereocenters. The van der Waals surface area contributed by atoms with Crippen LogP contribution in [0.3, 0.4) is 0 Å². The molecule has 0 bridgehead atoms. The van der Waals surface area contributed by atoms with Gasteiger partial charge in [0.1, 0.15) is 6.04 Å². The molecule has 0 unspecified atom stereocenters. The molecule has 7 heteroatoms. The Hall–Kier alpha value is -0.940. The van der Waals surface area contributed by atoms with Crippen LogP contribution in [0.15, 0.2) is 18.2 Å². The SMILES string of the molecule is CC(C)[C@@H](Nc1ccc(C(F)(F)F)cc1Cl)C(=O)Cl. The number of anilines is 1. The summed E-state index contributed by atoms with van der Waals surface area (Å²) < 4.78 is 37.4. The van der Waals surface area contributed by atoms with Gasteiger partial charge in [-0.1, -0.05) is 25.4 Å². The Morgan fingerprint density at radius 2 is 1.89 bits per heavy atom. The summed E-state index contributed by atoms with van der Waals surface area (Å²) in [5, 5.41) is 2.01. The number of carbonyl (C=O) groups is 1. The van der Waals surface area contributed by atoms with E-state index in [1.54, 1.807) is 13.8 Å². The van der Waals surface area contributed by atoms with Gasteiger partial charge >= 0.3 is 6.18 Å². The molecule has 1 N–H and O–H groups in total. The Labute approximate surface area is 118 Å². The Kier molecular flexibility index (Phi) is 5.10. The molecule has 0 aliphatic heterocycles. The number of hydrogen-bond acceptors (Lipinski definition) is 2. The van der Waals surface area contributed by atoms with Crippen LogP contribution in [0.25, 0.3) is 0 Å². The van der Waals surface area contributed by atoms with E-state index in [0.29, 0.717) is 0 Å². The van der Waals surface area contributed by atoms with Crippen molar-refractivity contribution in [3.05, 3.63) is 28.8 Å². The van der Waals surface area contributed by atoms with E-state index in [4.69, 9.17) is 23.2 Å². The first-order chi connectivity index (χ1) is 8.62. The normalized spacial score (nSPS) is 13.5. The Morgan fingerprint density at radius 1 is 1.32 bits per heavy atom. The van der Waals surface area contributed by atoms with E-state index in [1.165, 1.54) is 6.07 Å². The van der Waals surface area contributed by atoms with Crippen LogP contribution in [0.2, 0.25) is 5.02 Å². The molecule has 0 spiro atoms. The van der Waals surface area contributed by atoms with Gasteiger partial charge in [0, 0.05) is 0 Å². The Balaban J connectivity index is 3.00. The van der Waals surface area contributed by atoms with Crippen LogP contribution in [0, 0.1) is 5.92 Å². The molecule has 0 radical (unpaired) electrons. The first-order valence-electron chi connectivity index (χ1n) is 5.45. The summed E-state index contributed by atoms with van der Waals surface area (Å²) in [7, 11) is 0. The second-order valence-corrected chi connectivity index (χ2v) is 5.14. The lowest BCUT2D eigenvalue weighted by atomic mass is 10.1. The van der Waals surface area contributed by atoms with Crippen LogP contribution in [0.1, 0.15) is 19.4 Å². The summed E-state index contributed by atoms with van der Waals surface area (Å²) in [6, 6.07) is 2.17. The molecule has 0 aliphatic rings. The summed E-state index contributed by atoms with van der Waals surface area (Å²) in [5.41, 5.74) is -0.608. The molecular weight excluding hydrogens is 302 g/mol. The lowest BCUT2D eigenvalue weighted by molar-refractivity contribution is -0.137. The highest BCUT2D eigenvalue weighted by atomic mass is 35.5. The average Bonchev–Trinajstić information content (AvgIpc) is 2.24. The zero-order valence-electron chi connectivity index (χ0n) is 10.2. The molecule has 106 valence electrons. The van der Waals surface area contributed by atoms with Crippen LogP contribution in [0.5, 0.6) is 0 Å². The maximum absolute atomic E-state index is 12.5. The second-order valence-electron chi connectivity index (χ2n) is 4.36. The Morgan fingerprint density at radius 3 is 2.26 bits per heavy atom. The lowest BCUT2D eigenvalue weighted by Gasteiger charge is -2.20. The van der Waals surface area contributed by atoms with E-state index in [2.05, 4.69) is 5.32 Å². The summed E-state index contributed by atoms with van der Waals surface area (Å²) in [6.07, 6.45) is -4.46. The Bertz CT molecular complexity index is 475. The van der Waals surface area contributed by atoms with Crippen LogP contribution < -0.4 is 5.32 Å². The number of halogens is 5. The number of alkyl halides is 3. The zero-order valence-corrected chi connectivity index (χ0v) is 11.7. The van der Waals surface area contributed by atoms with Gasteiger partial charge in [-0.05, 0) is 35.7 Å². The van der Waals surface area contributed by atoms with E-state index >= 15 is 0 Å². The van der Waals surface area contributed by atoms with Gasteiger partial charge in [-0.25, -0.2) is 0 Å².